The summed E-state index contributed by atoms with van der Waals surface area (Å²) in [5.41, 5.74) is 1.90. The standard InChI is InChI=1S/C18H21NO4/c1-3-10(2)11-4-6-12(7-5-11)19-17(20)15-13-8-9-14(23-13)16(15)18(21)22/h4-10,13-16H,3H2,1-2H3,(H,19,20)(H,21,22)/t10-,13-,14-,15-,16-/m0/s1. The van der Waals surface area contributed by atoms with Gasteiger partial charge in [-0.3, -0.25) is 9.59 Å². The third kappa shape index (κ3) is 2.88. The van der Waals surface area contributed by atoms with E-state index < -0.39 is 30.0 Å². The Labute approximate surface area is 135 Å². The third-order valence-corrected chi connectivity index (χ3v) is 4.85. The van der Waals surface area contributed by atoms with Gasteiger partial charge in [0.25, 0.3) is 0 Å². The third-order valence-electron chi connectivity index (χ3n) is 4.85. The van der Waals surface area contributed by atoms with E-state index in [4.69, 9.17) is 4.74 Å². The molecule has 23 heavy (non-hydrogen) atoms. The Morgan fingerprint density at radius 2 is 1.78 bits per heavy atom. The number of nitrogens with one attached hydrogen (secondary N) is 1. The van der Waals surface area contributed by atoms with Gasteiger partial charge in [0.05, 0.1) is 18.1 Å². The van der Waals surface area contributed by atoms with Crippen LogP contribution in [-0.2, 0) is 14.3 Å². The molecule has 1 amide bonds. The quantitative estimate of drug-likeness (QED) is 0.819. The Bertz CT molecular complexity index is 637. The second-order valence-corrected chi connectivity index (χ2v) is 6.26. The minimum absolute atomic E-state index is 0.300. The second kappa shape index (κ2) is 6.16. The number of carboxylic acid groups (broad SMARTS) is 1. The molecule has 0 radical (unpaired) electrons. The van der Waals surface area contributed by atoms with Crippen LogP contribution in [0.25, 0.3) is 0 Å². The van der Waals surface area contributed by atoms with Crippen LogP contribution in [0.2, 0.25) is 0 Å². The molecule has 1 fully saturated rings. The van der Waals surface area contributed by atoms with Gasteiger partial charge in [-0.2, -0.15) is 0 Å². The van der Waals surface area contributed by atoms with E-state index in [1.165, 1.54) is 5.56 Å². The molecule has 3 rings (SSSR count). The number of anilines is 1. The number of hydrogen-bond donors (Lipinski definition) is 2. The maximum absolute atomic E-state index is 12.5. The molecule has 2 aliphatic rings. The maximum Gasteiger partial charge on any atom is 0.310 e. The highest BCUT2D eigenvalue weighted by molar-refractivity contribution is 5.96. The molecular formula is C18H21NO4. The number of carbonyl (C=O) groups is 2. The number of hydrogen-bond acceptors (Lipinski definition) is 3. The van der Waals surface area contributed by atoms with Gasteiger partial charge in [-0.05, 0) is 30.0 Å². The number of carboxylic acids is 1. The zero-order valence-corrected chi connectivity index (χ0v) is 13.2. The largest absolute Gasteiger partial charge is 0.481 e. The van der Waals surface area contributed by atoms with Crippen molar-refractivity contribution in [3.8, 4) is 0 Å². The number of fused-ring (bicyclic) bond motifs is 2. The normalized spacial score (nSPS) is 29.5. The molecule has 122 valence electrons. The Hall–Kier alpha value is -2.14. The van der Waals surface area contributed by atoms with Crippen molar-refractivity contribution in [1.82, 2.24) is 0 Å². The van der Waals surface area contributed by atoms with Gasteiger partial charge in [-0.1, -0.05) is 38.1 Å². The van der Waals surface area contributed by atoms with E-state index in [-0.39, 0.29) is 5.91 Å². The van der Waals surface area contributed by atoms with E-state index in [0.717, 1.165) is 6.42 Å². The van der Waals surface area contributed by atoms with Crippen molar-refractivity contribution in [1.29, 1.82) is 0 Å². The predicted octanol–water partition coefficient (Wildman–Crippen LogP) is 2.79. The van der Waals surface area contributed by atoms with Crippen LogP contribution in [0.15, 0.2) is 36.4 Å². The Morgan fingerprint density at radius 1 is 1.17 bits per heavy atom. The zero-order valence-electron chi connectivity index (χ0n) is 13.2. The molecule has 1 saturated heterocycles. The first-order valence-electron chi connectivity index (χ1n) is 7.98. The number of rotatable bonds is 5. The van der Waals surface area contributed by atoms with Crippen molar-refractivity contribution in [2.75, 3.05) is 5.32 Å². The Morgan fingerprint density at radius 3 is 2.35 bits per heavy atom. The highest BCUT2D eigenvalue weighted by Crippen LogP contribution is 2.39. The van der Waals surface area contributed by atoms with Crippen molar-refractivity contribution in [3.05, 3.63) is 42.0 Å². The van der Waals surface area contributed by atoms with E-state index >= 15 is 0 Å². The van der Waals surface area contributed by atoms with Gasteiger partial charge in [-0.25, -0.2) is 0 Å². The van der Waals surface area contributed by atoms with Crippen LogP contribution in [0.1, 0.15) is 31.7 Å². The minimum Gasteiger partial charge on any atom is -0.481 e. The lowest BCUT2D eigenvalue weighted by Crippen LogP contribution is -2.39. The van der Waals surface area contributed by atoms with Crippen LogP contribution in [0.4, 0.5) is 5.69 Å². The average Bonchev–Trinajstić information content (AvgIpc) is 3.15. The summed E-state index contributed by atoms with van der Waals surface area (Å²) in [7, 11) is 0. The van der Waals surface area contributed by atoms with Gasteiger partial charge < -0.3 is 15.2 Å². The number of ether oxygens (including phenoxy) is 1. The van der Waals surface area contributed by atoms with Crippen LogP contribution in [-0.4, -0.2) is 29.2 Å². The minimum atomic E-state index is -0.992. The molecule has 1 aromatic rings. The van der Waals surface area contributed by atoms with Crippen LogP contribution in [0.3, 0.4) is 0 Å². The number of carbonyl (C=O) groups excluding carboxylic acids is 1. The lowest BCUT2D eigenvalue weighted by Gasteiger charge is -2.21. The second-order valence-electron chi connectivity index (χ2n) is 6.26. The molecule has 0 unspecified atom stereocenters. The molecule has 1 aromatic carbocycles. The fraction of sp³-hybridized carbons (Fsp3) is 0.444. The summed E-state index contributed by atoms with van der Waals surface area (Å²) in [4.78, 5) is 23.9. The molecule has 2 heterocycles. The van der Waals surface area contributed by atoms with Crippen molar-refractivity contribution in [3.63, 3.8) is 0 Å². The van der Waals surface area contributed by atoms with Gasteiger partial charge in [0.1, 0.15) is 5.92 Å². The number of aliphatic carboxylic acids is 1. The van der Waals surface area contributed by atoms with Crippen LogP contribution < -0.4 is 5.32 Å². The van der Waals surface area contributed by atoms with E-state index in [2.05, 4.69) is 19.2 Å². The van der Waals surface area contributed by atoms with Gasteiger partial charge >= 0.3 is 5.97 Å². The molecule has 2 N–H and O–H groups in total. The number of amides is 1. The Kier molecular flexibility index (Phi) is 4.22. The number of benzene rings is 1. The Balaban J connectivity index is 1.72. The summed E-state index contributed by atoms with van der Waals surface area (Å²) in [6.45, 7) is 4.29. The summed E-state index contributed by atoms with van der Waals surface area (Å²) >= 11 is 0. The van der Waals surface area contributed by atoms with Gasteiger partial charge in [0.15, 0.2) is 0 Å². The first-order valence-corrected chi connectivity index (χ1v) is 7.98. The molecule has 5 nitrogen and oxygen atoms in total. The lowest BCUT2D eigenvalue weighted by atomic mass is 9.82. The van der Waals surface area contributed by atoms with Gasteiger partial charge in [0, 0.05) is 5.69 Å². The molecule has 5 heteroatoms. The first-order chi connectivity index (χ1) is 11.0. The van der Waals surface area contributed by atoms with E-state index in [0.29, 0.717) is 11.6 Å². The molecule has 0 spiro atoms. The molecule has 2 aliphatic heterocycles. The average molecular weight is 315 g/mol. The van der Waals surface area contributed by atoms with Crippen molar-refractivity contribution in [2.24, 2.45) is 11.8 Å². The molecule has 2 bridgehead atoms. The maximum atomic E-state index is 12.5. The topological polar surface area (TPSA) is 75.6 Å². The van der Waals surface area contributed by atoms with Crippen molar-refractivity contribution >= 4 is 17.6 Å². The summed E-state index contributed by atoms with van der Waals surface area (Å²) in [6, 6.07) is 7.71. The molecule has 5 atom stereocenters. The van der Waals surface area contributed by atoms with Crippen LogP contribution in [0.5, 0.6) is 0 Å². The first kappa shape index (κ1) is 15.7. The predicted molar refractivity (Wildman–Crippen MR) is 86.2 cm³/mol. The van der Waals surface area contributed by atoms with E-state index in [1.807, 2.05) is 24.3 Å². The summed E-state index contributed by atoms with van der Waals surface area (Å²) < 4.78 is 5.53. The van der Waals surface area contributed by atoms with Gasteiger partial charge in [-0.15, -0.1) is 0 Å². The van der Waals surface area contributed by atoms with E-state index in [9.17, 15) is 14.7 Å². The highest BCUT2D eigenvalue weighted by atomic mass is 16.5. The monoisotopic (exact) mass is 315 g/mol. The van der Waals surface area contributed by atoms with Crippen LogP contribution >= 0.6 is 0 Å². The zero-order chi connectivity index (χ0) is 16.6. The SMILES string of the molecule is CC[C@H](C)c1ccc(NC(=O)[C@@H]2[C@@H](C(=O)O)[C@@H]3C=C[C@@H]2O3)cc1. The molecular weight excluding hydrogens is 294 g/mol. The lowest BCUT2D eigenvalue weighted by molar-refractivity contribution is -0.145. The summed E-state index contributed by atoms with van der Waals surface area (Å²) in [6.07, 6.45) is 3.62. The fourth-order valence-electron chi connectivity index (χ4n) is 3.27. The van der Waals surface area contributed by atoms with Gasteiger partial charge in [0.2, 0.25) is 5.91 Å². The molecule has 0 aliphatic carbocycles. The fourth-order valence-corrected chi connectivity index (χ4v) is 3.27. The molecule has 0 aromatic heterocycles. The van der Waals surface area contributed by atoms with Crippen molar-refractivity contribution in [2.45, 2.75) is 38.4 Å². The van der Waals surface area contributed by atoms with Crippen molar-refractivity contribution < 1.29 is 19.4 Å². The van der Waals surface area contributed by atoms with E-state index in [1.54, 1.807) is 12.2 Å². The smallest absolute Gasteiger partial charge is 0.310 e. The van der Waals surface area contributed by atoms with Crippen LogP contribution in [0, 0.1) is 11.8 Å². The summed E-state index contributed by atoms with van der Waals surface area (Å²) in [5, 5.41) is 12.2. The highest BCUT2D eigenvalue weighted by Gasteiger charge is 2.53. The molecule has 0 saturated carbocycles. The summed E-state index contributed by atoms with van der Waals surface area (Å²) in [5.74, 6) is -2.32.